The van der Waals surface area contributed by atoms with Crippen LogP contribution in [-0.2, 0) is 22.6 Å². The zero-order valence-corrected chi connectivity index (χ0v) is 13.4. The molecule has 0 saturated heterocycles. The molecule has 2 aromatic rings. The standard InChI is InChI=1S/C20H24O2/c1-3-17(4-2)19-13-9-8-12-18(19)14-20(21)22-15-16-10-6-5-7-11-16/h5-13,17H,3-4,14-15H2,1-2H3. The molecule has 2 heteroatoms. The molecule has 2 nitrogen and oxygen atoms in total. The fourth-order valence-corrected chi connectivity index (χ4v) is 2.77. The monoisotopic (exact) mass is 296 g/mol. The van der Waals surface area contributed by atoms with Crippen LogP contribution in [0.15, 0.2) is 54.6 Å². The smallest absolute Gasteiger partial charge is 0.310 e. The van der Waals surface area contributed by atoms with Gasteiger partial charge in [0.05, 0.1) is 6.42 Å². The van der Waals surface area contributed by atoms with Crippen LogP contribution in [0, 0.1) is 0 Å². The first kappa shape index (κ1) is 16.3. The molecule has 0 unspecified atom stereocenters. The molecular formula is C20H24O2. The second-order valence-corrected chi connectivity index (χ2v) is 5.54. The van der Waals surface area contributed by atoms with E-state index in [1.54, 1.807) is 0 Å². The molecule has 0 heterocycles. The van der Waals surface area contributed by atoms with Gasteiger partial charge in [-0.2, -0.15) is 0 Å². The van der Waals surface area contributed by atoms with Crippen molar-refractivity contribution in [1.82, 2.24) is 0 Å². The summed E-state index contributed by atoms with van der Waals surface area (Å²) in [4.78, 5) is 12.1. The minimum Gasteiger partial charge on any atom is -0.461 e. The molecule has 0 atom stereocenters. The van der Waals surface area contributed by atoms with Crippen LogP contribution in [0.5, 0.6) is 0 Å². The largest absolute Gasteiger partial charge is 0.461 e. The predicted octanol–water partition coefficient (Wildman–Crippen LogP) is 4.88. The molecule has 0 amide bonds. The molecule has 0 radical (unpaired) electrons. The fraction of sp³-hybridized carbons (Fsp3) is 0.350. The molecule has 0 aliphatic carbocycles. The summed E-state index contributed by atoms with van der Waals surface area (Å²) in [5, 5.41) is 0. The van der Waals surface area contributed by atoms with E-state index in [1.165, 1.54) is 5.56 Å². The van der Waals surface area contributed by atoms with Crippen molar-refractivity contribution in [3.8, 4) is 0 Å². The highest BCUT2D eigenvalue weighted by Crippen LogP contribution is 2.26. The summed E-state index contributed by atoms with van der Waals surface area (Å²) < 4.78 is 5.40. The molecule has 2 aromatic carbocycles. The number of hydrogen-bond acceptors (Lipinski definition) is 2. The molecule has 22 heavy (non-hydrogen) atoms. The van der Waals surface area contributed by atoms with Gasteiger partial charge >= 0.3 is 5.97 Å². The lowest BCUT2D eigenvalue weighted by Gasteiger charge is -2.17. The Bertz CT molecular complexity index is 586. The minimum atomic E-state index is -0.165. The first-order chi connectivity index (χ1) is 10.7. The van der Waals surface area contributed by atoms with Crippen molar-refractivity contribution in [2.75, 3.05) is 0 Å². The van der Waals surface area contributed by atoms with Crippen molar-refractivity contribution in [2.45, 2.75) is 45.6 Å². The Morgan fingerprint density at radius 1 is 0.955 bits per heavy atom. The zero-order chi connectivity index (χ0) is 15.8. The Morgan fingerprint density at radius 2 is 1.59 bits per heavy atom. The third kappa shape index (κ3) is 4.45. The lowest BCUT2D eigenvalue weighted by Crippen LogP contribution is -2.11. The van der Waals surface area contributed by atoms with Crippen LogP contribution in [0.4, 0.5) is 0 Å². The Balaban J connectivity index is 1.99. The van der Waals surface area contributed by atoms with E-state index in [4.69, 9.17) is 4.74 Å². The summed E-state index contributed by atoms with van der Waals surface area (Å²) in [7, 11) is 0. The van der Waals surface area contributed by atoms with Crippen LogP contribution < -0.4 is 0 Å². The SMILES string of the molecule is CCC(CC)c1ccccc1CC(=O)OCc1ccccc1. The summed E-state index contributed by atoms with van der Waals surface area (Å²) >= 11 is 0. The Kier molecular flexibility index (Phi) is 6.20. The second-order valence-electron chi connectivity index (χ2n) is 5.54. The number of benzene rings is 2. The maximum absolute atomic E-state index is 12.1. The summed E-state index contributed by atoms with van der Waals surface area (Å²) in [6, 6.07) is 18.0. The van der Waals surface area contributed by atoms with Gasteiger partial charge in [0.2, 0.25) is 0 Å². The van der Waals surface area contributed by atoms with Gasteiger partial charge < -0.3 is 4.74 Å². The van der Waals surface area contributed by atoms with E-state index < -0.39 is 0 Å². The third-order valence-corrected chi connectivity index (χ3v) is 4.06. The van der Waals surface area contributed by atoms with Crippen LogP contribution in [0.25, 0.3) is 0 Å². The van der Waals surface area contributed by atoms with E-state index >= 15 is 0 Å². The van der Waals surface area contributed by atoms with Gasteiger partial charge in [-0.1, -0.05) is 68.4 Å². The van der Waals surface area contributed by atoms with Gasteiger partial charge in [-0.15, -0.1) is 0 Å². The lowest BCUT2D eigenvalue weighted by molar-refractivity contribution is -0.144. The van der Waals surface area contributed by atoms with Crippen molar-refractivity contribution < 1.29 is 9.53 Å². The van der Waals surface area contributed by atoms with Crippen molar-refractivity contribution in [3.63, 3.8) is 0 Å². The number of carbonyl (C=O) groups is 1. The van der Waals surface area contributed by atoms with E-state index in [1.807, 2.05) is 48.5 Å². The molecule has 0 aromatic heterocycles. The summed E-state index contributed by atoms with van der Waals surface area (Å²) in [6.07, 6.45) is 2.53. The molecule has 0 aliphatic heterocycles. The van der Waals surface area contributed by atoms with Crippen LogP contribution in [0.2, 0.25) is 0 Å². The van der Waals surface area contributed by atoms with Gasteiger partial charge in [-0.3, -0.25) is 4.79 Å². The average molecular weight is 296 g/mol. The van der Waals surface area contributed by atoms with Gasteiger partial charge in [0, 0.05) is 0 Å². The molecule has 0 bridgehead atoms. The number of rotatable bonds is 7. The molecular weight excluding hydrogens is 272 g/mol. The maximum atomic E-state index is 12.1. The van der Waals surface area contributed by atoms with E-state index in [-0.39, 0.29) is 5.97 Å². The Morgan fingerprint density at radius 3 is 2.27 bits per heavy atom. The molecule has 2 rings (SSSR count). The van der Waals surface area contributed by atoms with E-state index in [0.29, 0.717) is 18.9 Å². The fourth-order valence-electron chi connectivity index (χ4n) is 2.77. The highest BCUT2D eigenvalue weighted by Gasteiger charge is 2.14. The van der Waals surface area contributed by atoms with Crippen LogP contribution in [-0.4, -0.2) is 5.97 Å². The zero-order valence-electron chi connectivity index (χ0n) is 13.4. The Labute approximate surface area is 133 Å². The highest BCUT2D eigenvalue weighted by molar-refractivity contribution is 5.73. The summed E-state index contributed by atoms with van der Waals surface area (Å²) in [6.45, 7) is 4.73. The first-order valence-electron chi connectivity index (χ1n) is 8.02. The van der Waals surface area contributed by atoms with Crippen LogP contribution >= 0.6 is 0 Å². The number of esters is 1. The highest BCUT2D eigenvalue weighted by atomic mass is 16.5. The van der Waals surface area contributed by atoms with Crippen molar-refractivity contribution in [1.29, 1.82) is 0 Å². The van der Waals surface area contributed by atoms with Gasteiger partial charge in [-0.25, -0.2) is 0 Å². The lowest BCUT2D eigenvalue weighted by atomic mass is 9.89. The Hall–Kier alpha value is -2.09. The van der Waals surface area contributed by atoms with Gasteiger partial charge in [0.15, 0.2) is 0 Å². The molecule has 0 N–H and O–H groups in total. The number of ether oxygens (including phenoxy) is 1. The van der Waals surface area contributed by atoms with Gasteiger partial charge in [0.1, 0.15) is 6.61 Å². The van der Waals surface area contributed by atoms with Crippen LogP contribution in [0.1, 0.15) is 49.3 Å². The topological polar surface area (TPSA) is 26.3 Å². The molecule has 0 saturated carbocycles. The maximum Gasteiger partial charge on any atom is 0.310 e. The first-order valence-corrected chi connectivity index (χ1v) is 8.02. The quantitative estimate of drug-likeness (QED) is 0.681. The van der Waals surface area contributed by atoms with Gasteiger partial charge in [-0.05, 0) is 35.4 Å². The predicted molar refractivity (Wildman–Crippen MR) is 89.7 cm³/mol. The normalized spacial score (nSPS) is 10.7. The van der Waals surface area contributed by atoms with Crippen molar-refractivity contribution in [3.05, 3.63) is 71.3 Å². The molecule has 116 valence electrons. The third-order valence-electron chi connectivity index (χ3n) is 4.06. The molecule has 0 spiro atoms. The second kappa shape index (κ2) is 8.38. The minimum absolute atomic E-state index is 0.165. The van der Waals surface area contributed by atoms with E-state index in [9.17, 15) is 4.79 Å². The summed E-state index contributed by atoms with van der Waals surface area (Å²) in [5.41, 5.74) is 3.39. The van der Waals surface area contributed by atoms with E-state index in [0.717, 1.165) is 24.0 Å². The van der Waals surface area contributed by atoms with Crippen molar-refractivity contribution >= 4 is 5.97 Å². The van der Waals surface area contributed by atoms with Crippen LogP contribution in [0.3, 0.4) is 0 Å². The average Bonchev–Trinajstić information content (AvgIpc) is 2.56. The summed E-state index contributed by atoms with van der Waals surface area (Å²) in [5.74, 6) is 0.348. The van der Waals surface area contributed by atoms with Crippen molar-refractivity contribution in [2.24, 2.45) is 0 Å². The van der Waals surface area contributed by atoms with E-state index in [2.05, 4.69) is 19.9 Å². The molecule has 0 aliphatic rings. The number of hydrogen-bond donors (Lipinski definition) is 0. The molecule has 0 fully saturated rings. The number of carbonyl (C=O) groups excluding carboxylic acids is 1. The van der Waals surface area contributed by atoms with Gasteiger partial charge in [0.25, 0.3) is 0 Å².